The van der Waals surface area contributed by atoms with Gasteiger partial charge in [0.05, 0.1) is 30.1 Å². The van der Waals surface area contributed by atoms with E-state index in [9.17, 15) is 4.79 Å². The van der Waals surface area contributed by atoms with Crippen molar-refractivity contribution in [3.63, 3.8) is 0 Å². The summed E-state index contributed by atoms with van der Waals surface area (Å²) >= 11 is 6.37. The van der Waals surface area contributed by atoms with Crippen molar-refractivity contribution < 1.29 is 19.0 Å². The molecule has 1 unspecified atom stereocenters. The SMILES string of the molecule is CCCCOc1cc(OCCCC)c(PC(=O)c2c(C)cccc2Cl)c(OCCCC)c1. The van der Waals surface area contributed by atoms with Gasteiger partial charge >= 0.3 is 0 Å². The molecular weight excluding hydrogens is 443 g/mol. The average molecular weight is 479 g/mol. The summed E-state index contributed by atoms with van der Waals surface area (Å²) in [6.07, 6.45) is 5.97. The molecule has 0 amide bonds. The van der Waals surface area contributed by atoms with Crippen LogP contribution in [0, 0.1) is 6.92 Å². The number of ether oxygens (including phenoxy) is 3. The third-order valence-electron chi connectivity index (χ3n) is 5.00. The zero-order valence-electron chi connectivity index (χ0n) is 19.8. The zero-order valence-corrected chi connectivity index (χ0v) is 21.5. The Morgan fingerprint density at radius 2 is 1.41 bits per heavy atom. The molecule has 0 aromatic heterocycles. The summed E-state index contributed by atoms with van der Waals surface area (Å²) < 4.78 is 18.2. The Morgan fingerprint density at radius 1 is 0.875 bits per heavy atom. The minimum Gasteiger partial charge on any atom is -0.493 e. The van der Waals surface area contributed by atoms with Gasteiger partial charge < -0.3 is 14.2 Å². The largest absolute Gasteiger partial charge is 0.493 e. The van der Waals surface area contributed by atoms with Gasteiger partial charge in [0.1, 0.15) is 17.2 Å². The van der Waals surface area contributed by atoms with Crippen LogP contribution in [0.3, 0.4) is 0 Å². The van der Waals surface area contributed by atoms with Crippen LogP contribution in [0.5, 0.6) is 17.2 Å². The second kappa shape index (κ2) is 14.4. The van der Waals surface area contributed by atoms with Gasteiger partial charge in [0, 0.05) is 17.7 Å². The molecule has 0 spiro atoms. The first kappa shape index (κ1) is 26.5. The van der Waals surface area contributed by atoms with Gasteiger partial charge in [0.25, 0.3) is 0 Å². The van der Waals surface area contributed by atoms with E-state index in [-0.39, 0.29) is 14.1 Å². The molecule has 0 radical (unpaired) electrons. The Balaban J connectivity index is 2.42. The number of hydrogen-bond donors (Lipinski definition) is 0. The molecular formula is C26H36ClO4P. The Morgan fingerprint density at radius 3 is 1.91 bits per heavy atom. The van der Waals surface area contributed by atoms with Gasteiger partial charge in [-0.3, -0.25) is 4.79 Å². The van der Waals surface area contributed by atoms with Crippen molar-refractivity contribution in [3.8, 4) is 17.2 Å². The van der Waals surface area contributed by atoms with Crippen molar-refractivity contribution in [2.45, 2.75) is 66.2 Å². The standard InChI is InChI=1S/C26H36ClO4P/c1-5-8-14-29-20-17-22(30-15-9-6-2)25(23(18-20)31-16-10-7-3)32-26(28)24-19(4)12-11-13-21(24)27/h11-13,17-18,32H,5-10,14-16H2,1-4H3. The van der Waals surface area contributed by atoms with Crippen molar-refractivity contribution >= 4 is 31.0 Å². The van der Waals surface area contributed by atoms with Gasteiger partial charge in [-0.15, -0.1) is 0 Å². The summed E-state index contributed by atoms with van der Waals surface area (Å²) in [5.41, 5.74) is 1.42. The fourth-order valence-electron chi connectivity index (χ4n) is 3.08. The molecule has 32 heavy (non-hydrogen) atoms. The predicted molar refractivity (Wildman–Crippen MR) is 136 cm³/mol. The summed E-state index contributed by atoms with van der Waals surface area (Å²) in [4.78, 5) is 13.3. The molecule has 2 aromatic carbocycles. The third kappa shape index (κ3) is 7.98. The molecule has 0 saturated heterocycles. The smallest absolute Gasteiger partial charge is 0.187 e. The molecule has 0 saturated carbocycles. The van der Waals surface area contributed by atoms with Gasteiger partial charge in [-0.25, -0.2) is 0 Å². The number of hydrogen-bond acceptors (Lipinski definition) is 4. The number of aryl methyl sites for hydroxylation is 1. The van der Waals surface area contributed by atoms with Crippen molar-refractivity contribution in [2.75, 3.05) is 19.8 Å². The lowest BCUT2D eigenvalue weighted by Gasteiger charge is -2.19. The lowest BCUT2D eigenvalue weighted by molar-refractivity contribution is 0.108. The molecule has 1 atom stereocenters. The molecule has 2 rings (SSSR count). The van der Waals surface area contributed by atoms with Crippen LogP contribution >= 0.6 is 20.2 Å². The molecule has 0 aliphatic heterocycles. The van der Waals surface area contributed by atoms with Crippen LogP contribution in [0.2, 0.25) is 5.02 Å². The second-order valence-corrected chi connectivity index (χ2v) is 9.40. The van der Waals surface area contributed by atoms with Crippen molar-refractivity contribution in [3.05, 3.63) is 46.5 Å². The number of halogens is 1. The van der Waals surface area contributed by atoms with E-state index in [1.54, 1.807) is 6.07 Å². The summed E-state index contributed by atoms with van der Waals surface area (Å²) in [5.74, 6) is 2.04. The first-order valence-electron chi connectivity index (χ1n) is 11.6. The van der Waals surface area contributed by atoms with Crippen LogP contribution in [0.15, 0.2) is 30.3 Å². The van der Waals surface area contributed by atoms with Crippen LogP contribution < -0.4 is 19.5 Å². The lowest BCUT2D eigenvalue weighted by Crippen LogP contribution is -2.14. The monoisotopic (exact) mass is 478 g/mol. The number of rotatable bonds is 15. The molecule has 0 fully saturated rings. The van der Waals surface area contributed by atoms with Crippen LogP contribution in [0.1, 0.15) is 75.2 Å². The van der Waals surface area contributed by atoms with Gasteiger partial charge in [-0.2, -0.15) is 0 Å². The number of carbonyl (C=O) groups is 1. The Kier molecular flexibility index (Phi) is 11.9. The van der Waals surface area contributed by atoms with Crippen LogP contribution in [-0.2, 0) is 0 Å². The van der Waals surface area contributed by atoms with E-state index in [0.717, 1.165) is 49.4 Å². The highest BCUT2D eigenvalue weighted by Gasteiger charge is 2.21. The van der Waals surface area contributed by atoms with Crippen LogP contribution in [0.4, 0.5) is 0 Å². The molecule has 0 N–H and O–H groups in total. The van der Waals surface area contributed by atoms with E-state index in [4.69, 9.17) is 25.8 Å². The van der Waals surface area contributed by atoms with E-state index >= 15 is 0 Å². The quantitative estimate of drug-likeness (QED) is 0.198. The Hall–Kier alpha value is -1.77. The molecule has 2 aromatic rings. The fraction of sp³-hybridized carbons (Fsp3) is 0.500. The number of carbonyl (C=O) groups excluding carboxylic acids is 1. The second-order valence-electron chi connectivity index (χ2n) is 7.79. The van der Waals surface area contributed by atoms with Gasteiger partial charge in [-0.05, 0) is 46.4 Å². The fourth-order valence-corrected chi connectivity index (χ4v) is 4.69. The minimum absolute atomic E-state index is 0.0200. The normalized spacial score (nSPS) is 11.2. The van der Waals surface area contributed by atoms with Crippen LogP contribution in [-0.4, -0.2) is 25.3 Å². The minimum atomic E-state index is -0.160. The highest BCUT2D eigenvalue weighted by Crippen LogP contribution is 2.36. The molecule has 4 nitrogen and oxygen atoms in total. The van der Waals surface area contributed by atoms with Crippen LogP contribution in [0.25, 0.3) is 0 Å². The molecule has 0 aliphatic rings. The maximum Gasteiger partial charge on any atom is 0.187 e. The maximum atomic E-state index is 13.3. The molecule has 0 heterocycles. The Labute approximate surface area is 199 Å². The average Bonchev–Trinajstić information content (AvgIpc) is 2.76. The Bertz CT molecular complexity index is 818. The molecule has 0 aliphatic carbocycles. The number of benzene rings is 2. The van der Waals surface area contributed by atoms with Crippen molar-refractivity contribution in [1.82, 2.24) is 0 Å². The van der Waals surface area contributed by atoms with Gasteiger partial charge in [-0.1, -0.05) is 63.8 Å². The van der Waals surface area contributed by atoms with E-state index < -0.39 is 0 Å². The van der Waals surface area contributed by atoms with E-state index in [1.807, 2.05) is 31.2 Å². The maximum absolute atomic E-state index is 13.3. The summed E-state index contributed by atoms with van der Waals surface area (Å²) in [7, 11) is -0.160. The van der Waals surface area contributed by atoms with Gasteiger partial charge in [0.2, 0.25) is 0 Å². The summed E-state index contributed by atoms with van der Waals surface area (Å²) in [6.45, 7) is 10.1. The highest BCUT2D eigenvalue weighted by atomic mass is 35.5. The summed E-state index contributed by atoms with van der Waals surface area (Å²) in [5, 5.41) is 1.26. The summed E-state index contributed by atoms with van der Waals surface area (Å²) in [6, 6.07) is 9.32. The van der Waals surface area contributed by atoms with Crippen molar-refractivity contribution in [2.24, 2.45) is 0 Å². The lowest BCUT2D eigenvalue weighted by atomic mass is 10.1. The molecule has 0 bridgehead atoms. The highest BCUT2D eigenvalue weighted by molar-refractivity contribution is 7.66. The van der Waals surface area contributed by atoms with Crippen molar-refractivity contribution in [1.29, 1.82) is 0 Å². The molecule has 176 valence electrons. The first-order chi connectivity index (χ1) is 15.5. The van der Waals surface area contributed by atoms with Gasteiger partial charge in [0.15, 0.2) is 5.52 Å². The number of unbranched alkanes of at least 4 members (excludes halogenated alkanes) is 3. The zero-order chi connectivity index (χ0) is 23.3. The predicted octanol–water partition coefficient (Wildman–Crippen LogP) is 7.33. The third-order valence-corrected chi connectivity index (χ3v) is 6.54. The first-order valence-corrected chi connectivity index (χ1v) is 13.0. The topological polar surface area (TPSA) is 44.8 Å². The van der Waals surface area contributed by atoms with E-state index in [0.29, 0.717) is 47.7 Å². The van der Waals surface area contributed by atoms with E-state index in [2.05, 4.69) is 20.8 Å². The van der Waals surface area contributed by atoms with E-state index in [1.165, 1.54) is 0 Å². The molecule has 6 heteroatoms.